The second-order valence-corrected chi connectivity index (χ2v) is 3.45. The Morgan fingerprint density at radius 2 is 2.29 bits per heavy atom. The van der Waals surface area contributed by atoms with Crippen molar-refractivity contribution >= 4 is 11.6 Å². The van der Waals surface area contributed by atoms with E-state index < -0.39 is 16.8 Å². The summed E-state index contributed by atoms with van der Waals surface area (Å²) in [5.74, 6) is -1.02. The zero-order valence-electron chi connectivity index (χ0n) is 9.14. The van der Waals surface area contributed by atoms with E-state index in [0.717, 1.165) is 18.2 Å². The Hall–Kier alpha value is -2.02. The van der Waals surface area contributed by atoms with Gasteiger partial charge in [0.1, 0.15) is 5.82 Å². The second-order valence-electron chi connectivity index (χ2n) is 3.45. The summed E-state index contributed by atoms with van der Waals surface area (Å²) in [5, 5.41) is 12.9. The zero-order chi connectivity index (χ0) is 13.0. The average molecular weight is 241 g/mol. The van der Waals surface area contributed by atoms with E-state index >= 15 is 0 Å². The van der Waals surface area contributed by atoms with Gasteiger partial charge in [-0.2, -0.15) is 0 Å². The van der Waals surface area contributed by atoms with Crippen molar-refractivity contribution in [2.45, 2.75) is 12.5 Å². The molecule has 6 nitrogen and oxygen atoms in total. The number of nitrogens with two attached hydrogens (primary N) is 1. The molecule has 0 aliphatic rings. The predicted octanol–water partition coefficient (Wildman–Crippen LogP) is 0.870. The monoisotopic (exact) mass is 241 g/mol. The van der Waals surface area contributed by atoms with Crippen molar-refractivity contribution < 1.29 is 14.1 Å². The van der Waals surface area contributed by atoms with E-state index in [1.54, 1.807) is 0 Å². The molecule has 3 N–H and O–H groups in total. The molecule has 0 aromatic heterocycles. The van der Waals surface area contributed by atoms with Gasteiger partial charge in [0, 0.05) is 37.2 Å². The first kappa shape index (κ1) is 13.0. The van der Waals surface area contributed by atoms with E-state index in [-0.39, 0.29) is 23.6 Å². The van der Waals surface area contributed by atoms with Crippen molar-refractivity contribution in [3.63, 3.8) is 0 Å². The number of nitro groups is 1. The molecule has 1 rings (SSSR count). The second kappa shape index (κ2) is 5.35. The standard InChI is InChI=1S/C10H12FN3O3/c1-13-10(15)5-9(12)7-4-6(14(16)17)2-3-8(7)11/h2-4,9H,5,12H2,1H3,(H,13,15). The minimum Gasteiger partial charge on any atom is -0.359 e. The first-order valence-corrected chi connectivity index (χ1v) is 4.85. The van der Waals surface area contributed by atoms with Gasteiger partial charge in [0.05, 0.1) is 4.92 Å². The highest BCUT2D eigenvalue weighted by atomic mass is 19.1. The van der Waals surface area contributed by atoms with E-state index in [4.69, 9.17) is 5.73 Å². The van der Waals surface area contributed by atoms with Gasteiger partial charge < -0.3 is 11.1 Å². The topological polar surface area (TPSA) is 98.3 Å². The van der Waals surface area contributed by atoms with E-state index in [0.29, 0.717) is 0 Å². The lowest BCUT2D eigenvalue weighted by Gasteiger charge is -2.11. The molecule has 0 aliphatic heterocycles. The van der Waals surface area contributed by atoms with Gasteiger partial charge in [-0.15, -0.1) is 0 Å². The van der Waals surface area contributed by atoms with Crippen LogP contribution in [0.3, 0.4) is 0 Å². The highest BCUT2D eigenvalue weighted by Gasteiger charge is 2.18. The van der Waals surface area contributed by atoms with Crippen molar-refractivity contribution in [3.8, 4) is 0 Å². The molecule has 92 valence electrons. The highest BCUT2D eigenvalue weighted by molar-refractivity contribution is 5.76. The summed E-state index contributed by atoms with van der Waals surface area (Å²) in [6.45, 7) is 0. The maximum Gasteiger partial charge on any atom is 0.269 e. The summed E-state index contributed by atoms with van der Waals surface area (Å²) >= 11 is 0. The number of hydrogen-bond donors (Lipinski definition) is 2. The largest absolute Gasteiger partial charge is 0.359 e. The molecular weight excluding hydrogens is 229 g/mol. The molecule has 0 fully saturated rings. The molecule has 0 bridgehead atoms. The summed E-state index contributed by atoms with van der Waals surface area (Å²) in [7, 11) is 1.43. The van der Waals surface area contributed by atoms with Gasteiger partial charge in [0.15, 0.2) is 0 Å². The van der Waals surface area contributed by atoms with Gasteiger partial charge in [-0.25, -0.2) is 4.39 Å². The van der Waals surface area contributed by atoms with Crippen LogP contribution in [0.1, 0.15) is 18.0 Å². The third-order valence-electron chi connectivity index (χ3n) is 2.27. The fraction of sp³-hybridized carbons (Fsp3) is 0.300. The molecule has 1 aromatic carbocycles. The third kappa shape index (κ3) is 3.22. The Balaban J connectivity index is 2.99. The van der Waals surface area contributed by atoms with Crippen LogP contribution in [0, 0.1) is 15.9 Å². The molecule has 1 amide bonds. The van der Waals surface area contributed by atoms with Crippen molar-refractivity contribution in [3.05, 3.63) is 39.7 Å². The molecule has 0 saturated carbocycles. The highest BCUT2D eigenvalue weighted by Crippen LogP contribution is 2.23. The fourth-order valence-corrected chi connectivity index (χ4v) is 1.34. The molecule has 1 aromatic rings. The number of hydrogen-bond acceptors (Lipinski definition) is 4. The number of carbonyl (C=O) groups excluding carboxylic acids is 1. The van der Waals surface area contributed by atoms with Gasteiger partial charge in [0.2, 0.25) is 5.91 Å². The summed E-state index contributed by atoms with van der Waals surface area (Å²) in [4.78, 5) is 21.0. The summed E-state index contributed by atoms with van der Waals surface area (Å²) in [6.07, 6.45) is -0.130. The number of rotatable bonds is 4. The third-order valence-corrected chi connectivity index (χ3v) is 2.27. The number of halogens is 1. The maximum atomic E-state index is 13.4. The normalized spacial score (nSPS) is 11.9. The first-order chi connectivity index (χ1) is 7.95. The number of benzene rings is 1. The minimum atomic E-state index is -0.908. The van der Waals surface area contributed by atoms with E-state index in [1.165, 1.54) is 7.05 Å². The van der Waals surface area contributed by atoms with Gasteiger partial charge in [0.25, 0.3) is 5.69 Å². The Kier molecular flexibility index (Phi) is 4.11. The number of carbonyl (C=O) groups is 1. The van der Waals surface area contributed by atoms with Crippen LogP contribution in [0.15, 0.2) is 18.2 Å². The van der Waals surface area contributed by atoms with Gasteiger partial charge in [-0.1, -0.05) is 0 Å². The zero-order valence-corrected chi connectivity index (χ0v) is 9.14. The van der Waals surface area contributed by atoms with Gasteiger partial charge in [-0.3, -0.25) is 14.9 Å². The number of nitrogens with one attached hydrogen (secondary N) is 1. The van der Waals surface area contributed by atoms with Crippen LogP contribution in [0.25, 0.3) is 0 Å². The lowest BCUT2D eigenvalue weighted by Crippen LogP contribution is -2.24. The number of non-ortho nitro benzene ring substituents is 1. The van der Waals surface area contributed by atoms with E-state index in [1.807, 2.05) is 0 Å². The molecule has 0 radical (unpaired) electrons. The molecule has 0 aliphatic carbocycles. The van der Waals surface area contributed by atoms with Crippen molar-refractivity contribution in [2.24, 2.45) is 5.73 Å². The number of amides is 1. The van der Waals surface area contributed by atoms with E-state index in [9.17, 15) is 19.3 Å². The van der Waals surface area contributed by atoms with Crippen LogP contribution in [-0.4, -0.2) is 17.9 Å². The van der Waals surface area contributed by atoms with Crippen LogP contribution in [0.5, 0.6) is 0 Å². The SMILES string of the molecule is CNC(=O)CC(N)c1cc([N+](=O)[O-])ccc1F. The molecule has 0 saturated heterocycles. The Bertz CT molecular complexity index is 450. The van der Waals surface area contributed by atoms with Crippen LogP contribution >= 0.6 is 0 Å². The Labute approximate surface area is 96.8 Å². The molecule has 0 spiro atoms. The molecule has 7 heteroatoms. The van der Waals surface area contributed by atoms with Gasteiger partial charge >= 0.3 is 0 Å². The predicted molar refractivity (Wildman–Crippen MR) is 58.7 cm³/mol. The maximum absolute atomic E-state index is 13.4. The van der Waals surface area contributed by atoms with Gasteiger partial charge in [-0.05, 0) is 6.07 Å². The quantitative estimate of drug-likeness (QED) is 0.603. The summed E-state index contributed by atoms with van der Waals surface area (Å²) < 4.78 is 13.4. The van der Waals surface area contributed by atoms with Crippen molar-refractivity contribution in [1.29, 1.82) is 0 Å². The van der Waals surface area contributed by atoms with Crippen molar-refractivity contribution in [1.82, 2.24) is 5.32 Å². The molecule has 1 atom stereocenters. The fourth-order valence-electron chi connectivity index (χ4n) is 1.34. The Morgan fingerprint density at radius 3 is 2.82 bits per heavy atom. The van der Waals surface area contributed by atoms with Crippen LogP contribution in [0.2, 0.25) is 0 Å². The van der Waals surface area contributed by atoms with Crippen molar-refractivity contribution in [2.75, 3.05) is 7.05 Å². The average Bonchev–Trinajstić information content (AvgIpc) is 2.28. The first-order valence-electron chi connectivity index (χ1n) is 4.85. The lowest BCUT2D eigenvalue weighted by atomic mass is 10.0. The van der Waals surface area contributed by atoms with E-state index in [2.05, 4.69) is 5.32 Å². The van der Waals surface area contributed by atoms with Crippen LogP contribution in [0.4, 0.5) is 10.1 Å². The Morgan fingerprint density at radius 1 is 1.65 bits per heavy atom. The lowest BCUT2D eigenvalue weighted by molar-refractivity contribution is -0.385. The molecule has 17 heavy (non-hydrogen) atoms. The van der Waals surface area contributed by atoms with Crippen LogP contribution in [-0.2, 0) is 4.79 Å². The molecule has 0 heterocycles. The number of nitro benzene ring substituents is 1. The summed E-state index contributed by atoms with van der Waals surface area (Å²) in [5.41, 5.74) is 5.32. The van der Waals surface area contributed by atoms with Crippen LogP contribution < -0.4 is 11.1 Å². The minimum absolute atomic E-state index is 0.0391. The molecule has 1 unspecified atom stereocenters. The smallest absolute Gasteiger partial charge is 0.269 e. The summed E-state index contributed by atoms with van der Waals surface area (Å²) in [6, 6.07) is 2.15. The number of nitrogens with zero attached hydrogens (tertiary/aromatic N) is 1. The molecular formula is C10H12FN3O3.